The highest BCUT2D eigenvalue weighted by atomic mass is 16.5. The Bertz CT molecular complexity index is 908. The van der Waals surface area contributed by atoms with Crippen molar-refractivity contribution < 1.29 is 14.3 Å². The van der Waals surface area contributed by atoms with Crippen molar-refractivity contribution in [3.63, 3.8) is 0 Å². The lowest BCUT2D eigenvalue weighted by atomic mass is 9.80. The monoisotopic (exact) mass is 395 g/mol. The molecule has 3 rings (SSSR count). The number of hydrazone groups is 1. The van der Waals surface area contributed by atoms with Crippen LogP contribution in [0.15, 0.2) is 47.6 Å². The van der Waals surface area contributed by atoms with Gasteiger partial charge >= 0.3 is 0 Å². The number of para-hydroxylation sites is 2. The van der Waals surface area contributed by atoms with Crippen LogP contribution >= 0.6 is 0 Å². The Balaban J connectivity index is 1.59. The van der Waals surface area contributed by atoms with Gasteiger partial charge in [-0.3, -0.25) is 4.79 Å². The molecule has 0 saturated heterocycles. The number of nitrogens with zero attached hydrogens (tertiary/aromatic N) is 2. The molecule has 2 aromatic carbocycles. The summed E-state index contributed by atoms with van der Waals surface area (Å²) in [4.78, 5) is 14.3. The normalized spacial score (nSPS) is 17.7. The fourth-order valence-corrected chi connectivity index (χ4v) is 3.77. The van der Waals surface area contributed by atoms with Gasteiger partial charge in [-0.15, -0.1) is 0 Å². The highest BCUT2D eigenvalue weighted by Gasteiger charge is 2.33. The Morgan fingerprint density at radius 3 is 2.72 bits per heavy atom. The summed E-state index contributed by atoms with van der Waals surface area (Å²) in [5.41, 5.74) is 6.15. The Hall–Kier alpha value is -3.02. The molecule has 2 aromatic rings. The molecule has 0 aliphatic carbocycles. The fourth-order valence-electron chi connectivity index (χ4n) is 3.77. The maximum Gasteiger partial charge on any atom is 0.277 e. The van der Waals surface area contributed by atoms with Gasteiger partial charge in [0.2, 0.25) is 0 Å². The number of methoxy groups -OCH3 is 1. The van der Waals surface area contributed by atoms with Crippen LogP contribution in [0.1, 0.15) is 44.2 Å². The largest absolute Gasteiger partial charge is 0.493 e. The maximum absolute atomic E-state index is 12.0. The molecule has 0 saturated carbocycles. The minimum absolute atomic E-state index is 0.136. The van der Waals surface area contributed by atoms with Crippen LogP contribution in [0.3, 0.4) is 0 Å². The summed E-state index contributed by atoms with van der Waals surface area (Å²) in [6.45, 7) is 6.65. The Morgan fingerprint density at radius 2 is 2.00 bits per heavy atom. The molecule has 1 amide bonds. The number of fused-ring (bicyclic) bond motifs is 1. The van der Waals surface area contributed by atoms with E-state index in [0.717, 1.165) is 12.0 Å². The lowest BCUT2D eigenvalue weighted by Gasteiger charge is -2.45. The van der Waals surface area contributed by atoms with Crippen molar-refractivity contribution in [2.24, 2.45) is 5.10 Å². The second-order valence-corrected chi connectivity index (χ2v) is 8.03. The van der Waals surface area contributed by atoms with E-state index >= 15 is 0 Å². The van der Waals surface area contributed by atoms with Crippen LogP contribution in [0.4, 0.5) is 5.69 Å². The lowest BCUT2D eigenvalue weighted by molar-refractivity contribution is -0.123. The van der Waals surface area contributed by atoms with Crippen molar-refractivity contribution in [3.8, 4) is 11.5 Å². The van der Waals surface area contributed by atoms with Gasteiger partial charge in [0.25, 0.3) is 5.91 Å². The molecule has 1 N–H and O–H groups in total. The summed E-state index contributed by atoms with van der Waals surface area (Å²) < 4.78 is 10.7. The molecular weight excluding hydrogens is 366 g/mol. The Labute approximate surface area is 172 Å². The molecule has 0 radical (unpaired) electrons. The van der Waals surface area contributed by atoms with Crippen LogP contribution in [0.2, 0.25) is 0 Å². The number of hydrogen-bond donors (Lipinski definition) is 1. The van der Waals surface area contributed by atoms with Crippen molar-refractivity contribution in [2.75, 3.05) is 25.7 Å². The highest BCUT2D eigenvalue weighted by Crippen LogP contribution is 2.42. The van der Waals surface area contributed by atoms with Crippen LogP contribution in [0.5, 0.6) is 11.5 Å². The quantitative estimate of drug-likeness (QED) is 0.594. The van der Waals surface area contributed by atoms with Gasteiger partial charge in [0.1, 0.15) is 0 Å². The molecular formula is C23H29N3O3. The topological polar surface area (TPSA) is 63.2 Å². The first-order valence-corrected chi connectivity index (χ1v) is 9.77. The minimum Gasteiger partial charge on any atom is -0.493 e. The van der Waals surface area contributed by atoms with Crippen LogP contribution < -0.4 is 19.8 Å². The number of nitrogens with one attached hydrogen (secondary N) is 1. The van der Waals surface area contributed by atoms with Gasteiger partial charge in [-0.05, 0) is 61.6 Å². The number of benzene rings is 2. The number of hydrogen-bond acceptors (Lipinski definition) is 5. The number of ether oxygens (including phenoxy) is 2. The van der Waals surface area contributed by atoms with Crippen molar-refractivity contribution >= 4 is 17.8 Å². The zero-order valence-corrected chi connectivity index (χ0v) is 17.7. The number of anilines is 1. The summed E-state index contributed by atoms with van der Waals surface area (Å²) >= 11 is 0. The van der Waals surface area contributed by atoms with E-state index in [0.29, 0.717) is 17.4 Å². The zero-order chi connectivity index (χ0) is 21.0. The Morgan fingerprint density at radius 1 is 1.28 bits per heavy atom. The maximum atomic E-state index is 12.0. The van der Waals surface area contributed by atoms with Crippen LogP contribution in [-0.2, 0) is 4.79 Å². The molecule has 0 spiro atoms. The van der Waals surface area contributed by atoms with E-state index in [-0.39, 0.29) is 18.1 Å². The molecule has 1 aliphatic rings. The predicted molar refractivity (Wildman–Crippen MR) is 116 cm³/mol. The summed E-state index contributed by atoms with van der Waals surface area (Å²) in [6, 6.07) is 13.5. The van der Waals surface area contributed by atoms with E-state index in [1.807, 2.05) is 18.2 Å². The van der Waals surface area contributed by atoms with E-state index in [1.54, 1.807) is 25.5 Å². The van der Waals surface area contributed by atoms with Gasteiger partial charge in [0.15, 0.2) is 18.1 Å². The summed E-state index contributed by atoms with van der Waals surface area (Å²) in [5, 5.41) is 4.07. The number of carbonyl (C=O) groups is 1. The van der Waals surface area contributed by atoms with Crippen molar-refractivity contribution in [3.05, 3.63) is 53.6 Å². The van der Waals surface area contributed by atoms with Crippen molar-refractivity contribution in [2.45, 2.75) is 38.6 Å². The predicted octanol–water partition coefficient (Wildman–Crippen LogP) is 3.95. The van der Waals surface area contributed by atoms with Gasteiger partial charge in [0, 0.05) is 18.3 Å². The molecule has 1 aliphatic heterocycles. The van der Waals surface area contributed by atoms with E-state index in [9.17, 15) is 4.79 Å². The second-order valence-electron chi connectivity index (χ2n) is 8.03. The number of rotatable bonds is 6. The van der Waals surface area contributed by atoms with Gasteiger partial charge < -0.3 is 14.4 Å². The third-order valence-electron chi connectivity index (χ3n) is 5.49. The van der Waals surface area contributed by atoms with Gasteiger partial charge in [-0.2, -0.15) is 5.10 Å². The average Bonchev–Trinajstić information content (AvgIpc) is 2.70. The fraction of sp³-hybridized carbons (Fsp3) is 0.391. The van der Waals surface area contributed by atoms with E-state index < -0.39 is 0 Å². The van der Waals surface area contributed by atoms with Gasteiger partial charge in [-0.1, -0.05) is 25.1 Å². The molecule has 0 aromatic heterocycles. The number of amides is 1. The molecule has 0 bridgehead atoms. The Kier molecular flexibility index (Phi) is 6.11. The van der Waals surface area contributed by atoms with E-state index in [4.69, 9.17) is 9.47 Å². The molecule has 1 heterocycles. The average molecular weight is 396 g/mol. The van der Waals surface area contributed by atoms with E-state index in [1.165, 1.54) is 11.3 Å². The first-order chi connectivity index (χ1) is 13.8. The standard InChI is InChI=1S/C23H29N3O3/c1-16-13-23(2,3)26(4)19-11-10-17(12-18(16)19)14-24-25-22(27)15-29-21-9-7-6-8-20(21)28-5/h6-12,14,16H,13,15H2,1-5H3,(H,25,27)/b24-14+/t16-/m1/s1. The smallest absolute Gasteiger partial charge is 0.277 e. The van der Waals surface area contributed by atoms with E-state index in [2.05, 4.69) is 55.4 Å². The van der Waals surface area contributed by atoms with Crippen molar-refractivity contribution in [1.82, 2.24) is 5.43 Å². The summed E-state index contributed by atoms with van der Waals surface area (Å²) in [5.74, 6) is 1.23. The summed E-state index contributed by atoms with van der Waals surface area (Å²) in [6.07, 6.45) is 2.75. The molecule has 154 valence electrons. The third kappa shape index (κ3) is 4.70. The van der Waals surface area contributed by atoms with Gasteiger partial charge in [0.05, 0.1) is 13.3 Å². The molecule has 0 fully saturated rings. The number of carbonyl (C=O) groups excluding carboxylic acids is 1. The molecule has 1 atom stereocenters. The zero-order valence-electron chi connectivity index (χ0n) is 17.7. The first kappa shape index (κ1) is 20.7. The third-order valence-corrected chi connectivity index (χ3v) is 5.49. The SMILES string of the molecule is COc1ccccc1OCC(=O)N/N=C/c1ccc2c(c1)[C@H](C)CC(C)(C)N2C. The molecule has 6 nitrogen and oxygen atoms in total. The summed E-state index contributed by atoms with van der Waals surface area (Å²) in [7, 11) is 3.70. The van der Waals surface area contributed by atoms with Crippen LogP contribution in [-0.4, -0.2) is 38.4 Å². The van der Waals surface area contributed by atoms with Gasteiger partial charge in [-0.25, -0.2) is 5.43 Å². The van der Waals surface area contributed by atoms with Crippen LogP contribution in [0, 0.1) is 0 Å². The highest BCUT2D eigenvalue weighted by molar-refractivity contribution is 5.84. The van der Waals surface area contributed by atoms with Crippen molar-refractivity contribution in [1.29, 1.82) is 0 Å². The minimum atomic E-state index is -0.333. The molecule has 6 heteroatoms. The lowest BCUT2D eigenvalue weighted by Crippen LogP contribution is -2.45. The second kappa shape index (κ2) is 8.55. The van der Waals surface area contributed by atoms with Crippen LogP contribution in [0.25, 0.3) is 0 Å². The molecule has 0 unspecified atom stereocenters. The molecule has 29 heavy (non-hydrogen) atoms. The first-order valence-electron chi connectivity index (χ1n) is 9.77.